The summed E-state index contributed by atoms with van der Waals surface area (Å²) >= 11 is 0. The maximum Gasteiger partial charge on any atom is 0.418 e. The average Bonchev–Trinajstić information content (AvgIpc) is 2.71. The zero-order chi connectivity index (χ0) is 21.9. The van der Waals surface area contributed by atoms with E-state index in [1.54, 1.807) is 0 Å². The van der Waals surface area contributed by atoms with Gasteiger partial charge in [0.05, 0.1) is 27.4 Å². The van der Waals surface area contributed by atoms with E-state index in [1.807, 2.05) is 4.90 Å². The Morgan fingerprint density at radius 1 is 1.17 bits per heavy atom. The number of nitro benzene ring substituents is 1. The fourth-order valence-electron chi connectivity index (χ4n) is 3.38. The number of rotatable bonds is 5. The number of para-hydroxylation sites is 1. The molecule has 0 spiro atoms. The van der Waals surface area contributed by atoms with Crippen LogP contribution in [0, 0.1) is 16.0 Å². The number of amides is 1. The van der Waals surface area contributed by atoms with Gasteiger partial charge in [-0.1, -0.05) is 19.1 Å². The molecule has 1 aliphatic rings. The Hall–Kier alpha value is -3.30. The highest BCUT2D eigenvalue weighted by molar-refractivity contribution is 6.01. The van der Waals surface area contributed by atoms with Gasteiger partial charge in [-0.15, -0.1) is 0 Å². The molecule has 0 atom stereocenters. The molecule has 0 aromatic heterocycles. The first-order chi connectivity index (χ1) is 14.2. The molecule has 7 nitrogen and oxygen atoms in total. The minimum absolute atomic E-state index is 0.0238. The van der Waals surface area contributed by atoms with Gasteiger partial charge in [0, 0.05) is 25.2 Å². The molecule has 30 heavy (non-hydrogen) atoms. The minimum atomic E-state index is -4.60. The summed E-state index contributed by atoms with van der Waals surface area (Å²) < 4.78 is 39.4. The quantitative estimate of drug-likeness (QED) is 0.543. The molecule has 0 unspecified atom stereocenters. The smallest absolute Gasteiger partial charge is 0.371 e. The normalized spacial score (nSPS) is 15.0. The molecule has 10 heteroatoms. The van der Waals surface area contributed by atoms with E-state index in [0.29, 0.717) is 24.7 Å². The second-order valence-electron chi connectivity index (χ2n) is 7.25. The number of carbonyl (C=O) groups excluding carboxylic acids is 1. The molecule has 1 fully saturated rings. The lowest BCUT2D eigenvalue weighted by molar-refractivity contribution is -0.384. The Bertz CT molecular complexity index is 941. The van der Waals surface area contributed by atoms with Crippen LogP contribution in [-0.2, 0) is 6.18 Å². The van der Waals surface area contributed by atoms with Crippen molar-refractivity contribution in [1.82, 2.24) is 5.43 Å². The van der Waals surface area contributed by atoms with E-state index in [-0.39, 0.29) is 16.9 Å². The highest BCUT2D eigenvalue weighted by atomic mass is 19.4. The summed E-state index contributed by atoms with van der Waals surface area (Å²) in [6.07, 6.45) is -2.78. The van der Waals surface area contributed by atoms with Gasteiger partial charge < -0.3 is 4.90 Å². The SMILES string of the molecule is CC1CCN(c2ccc([N+](=O)[O-])cc2C(=O)NNc2ccccc2C(F)(F)F)CC1. The molecule has 1 amide bonds. The van der Waals surface area contributed by atoms with E-state index in [2.05, 4.69) is 17.8 Å². The van der Waals surface area contributed by atoms with Crippen LogP contribution in [0.15, 0.2) is 42.5 Å². The topological polar surface area (TPSA) is 87.5 Å². The lowest BCUT2D eigenvalue weighted by Crippen LogP contribution is -2.36. The molecule has 2 aromatic rings. The number of anilines is 2. The third-order valence-corrected chi connectivity index (χ3v) is 5.10. The summed E-state index contributed by atoms with van der Waals surface area (Å²) in [4.78, 5) is 25.3. The number of nitro groups is 1. The van der Waals surface area contributed by atoms with Gasteiger partial charge in [-0.25, -0.2) is 0 Å². The molecule has 1 heterocycles. The van der Waals surface area contributed by atoms with Crippen LogP contribution in [0.5, 0.6) is 0 Å². The molecule has 3 rings (SSSR count). The van der Waals surface area contributed by atoms with Crippen molar-refractivity contribution in [3.63, 3.8) is 0 Å². The number of hydrogen-bond acceptors (Lipinski definition) is 5. The highest BCUT2D eigenvalue weighted by Crippen LogP contribution is 2.34. The zero-order valence-electron chi connectivity index (χ0n) is 16.2. The summed E-state index contributed by atoms with van der Waals surface area (Å²) in [7, 11) is 0. The van der Waals surface area contributed by atoms with Gasteiger partial charge in [-0.05, 0) is 37.0 Å². The lowest BCUT2D eigenvalue weighted by Gasteiger charge is -2.33. The summed E-state index contributed by atoms with van der Waals surface area (Å²) in [6.45, 7) is 3.50. The van der Waals surface area contributed by atoms with Gasteiger partial charge >= 0.3 is 6.18 Å². The molecule has 0 bridgehead atoms. The van der Waals surface area contributed by atoms with E-state index < -0.39 is 22.6 Å². The summed E-state index contributed by atoms with van der Waals surface area (Å²) in [5, 5.41) is 11.2. The second kappa shape index (κ2) is 8.60. The van der Waals surface area contributed by atoms with Crippen LogP contribution in [0.4, 0.5) is 30.2 Å². The van der Waals surface area contributed by atoms with Crippen molar-refractivity contribution in [3.8, 4) is 0 Å². The van der Waals surface area contributed by atoms with Crippen LogP contribution in [-0.4, -0.2) is 23.9 Å². The third-order valence-electron chi connectivity index (χ3n) is 5.10. The summed E-state index contributed by atoms with van der Waals surface area (Å²) in [5.74, 6) is -0.221. The predicted octanol–water partition coefficient (Wildman–Crippen LogP) is 4.61. The number of carbonyl (C=O) groups is 1. The van der Waals surface area contributed by atoms with Crippen molar-refractivity contribution >= 4 is 23.0 Å². The van der Waals surface area contributed by atoms with Crippen LogP contribution >= 0.6 is 0 Å². The van der Waals surface area contributed by atoms with E-state index in [0.717, 1.165) is 25.0 Å². The Morgan fingerprint density at radius 2 is 1.83 bits per heavy atom. The molecule has 1 saturated heterocycles. The maximum atomic E-state index is 13.1. The standard InChI is InChI=1S/C20H21F3N4O3/c1-13-8-10-26(11-9-13)18-7-6-14(27(29)30)12-15(18)19(28)25-24-17-5-3-2-4-16(17)20(21,22)23/h2-7,12-13,24H,8-11H2,1H3,(H,25,28). The first-order valence-electron chi connectivity index (χ1n) is 9.43. The number of alkyl halides is 3. The Labute approximate surface area is 171 Å². The number of nitrogens with zero attached hydrogens (tertiary/aromatic N) is 2. The predicted molar refractivity (Wildman–Crippen MR) is 106 cm³/mol. The number of benzene rings is 2. The van der Waals surface area contributed by atoms with Crippen molar-refractivity contribution in [2.75, 3.05) is 23.4 Å². The van der Waals surface area contributed by atoms with Crippen LogP contribution in [0.3, 0.4) is 0 Å². The summed E-state index contributed by atoms with van der Waals surface area (Å²) in [6, 6.07) is 8.68. The van der Waals surface area contributed by atoms with Crippen LogP contribution in [0.1, 0.15) is 35.7 Å². The van der Waals surface area contributed by atoms with Crippen molar-refractivity contribution in [3.05, 3.63) is 63.7 Å². The van der Waals surface area contributed by atoms with Crippen molar-refractivity contribution in [2.24, 2.45) is 5.92 Å². The van der Waals surface area contributed by atoms with Crippen LogP contribution < -0.4 is 15.8 Å². The molecule has 1 aliphatic heterocycles. The minimum Gasteiger partial charge on any atom is -0.371 e. The Kier molecular flexibility index (Phi) is 6.14. The molecular formula is C20H21F3N4O3. The lowest BCUT2D eigenvalue weighted by atomic mass is 9.98. The van der Waals surface area contributed by atoms with Gasteiger partial charge in [0.25, 0.3) is 11.6 Å². The summed E-state index contributed by atoms with van der Waals surface area (Å²) in [5.41, 5.74) is 3.54. The average molecular weight is 422 g/mol. The largest absolute Gasteiger partial charge is 0.418 e. The Balaban J connectivity index is 1.86. The molecule has 0 aliphatic carbocycles. The fraction of sp³-hybridized carbons (Fsp3) is 0.350. The van der Waals surface area contributed by atoms with E-state index in [9.17, 15) is 28.1 Å². The maximum absolute atomic E-state index is 13.1. The van der Waals surface area contributed by atoms with E-state index >= 15 is 0 Å². The van der Waals surface area contributed by atoms with Gasteiger partial charge in [-0.2, -0.15) is 13.2 Å². The number of nitrogens with one attached hydrogen (secondary N) is 2. The Morgan fingerprint density at radius 3 is 2.47 bits per heavy atom. The highest BCUT2D eigenvalue weighted by Gasteiger charge is 2.33. The molecule has 0 radical (unpaired) electrons. The number of piperidine rings is 1. The zero-order valence-corrected chi connectivity index (χ0v) is 16.2. The van der Waals surface area contributed by atoms with E-state index in [4.69, 9.17) is 0 Å². The van der Waals surface area contributed by atoms with Gasteiger partial charge in [0.15, 0.2) is 0 Å². The van der Waals surface area contributed by atoms with Crippen molar-refractivity contribution in [1.29, 1.82) is 0 Å². The molecule has 0 saturated carbocycles. The van der Waals surface area contributed by atoms with Crippen molar-refractivity contribution in [2.45, 2.75) is 25.9 Å². The monoisotopic (exact) mass is 422 g/mol. The fourth-order valence-corrected chi connectivity index (χ4v) is 3.38. The van der Waals surface area contributed by atoms with Gasteiger partial charge in [-0.3, -0.25) is 25.8 Å². The molecule has 160 valence electrons. The first kappa shape index (κ1) is 21.4. The third kappa shape index (κ3) is 4.81. The molecule has 2 aromatic carbocycles. The van der Waals surface area contributed by atoms with E-state index in [1.165, 1.54) is 30.3 Å². The van der Waals surface area contributed by atoms with Crippen LogP contribution in [0.2, 0.25) is 0 Å². The number of hydrogen-bond donors (Lipinski definition) is 2. The van der Waals surface area contributed by atoms with Crippen molar-refractivity contribution < 1.29 is 22.9 Å². The van der Waals surface area contributed by atoms with Crippen LogP contribution in [0.25, 0.3) is 0 Å². The number of non-ortho nitro benzene ring substituents is 1. The van der Waals surface area contributed by atoms with Gasteiger partial charge in [0.2, 0.25) is 0 Å². The second-order valence-corrected chi connectivity index (χ2v) is 7.25. The number of halogens is 3. The molecule has 2 N–H and O–H groups in total. The van der Waals surface area contributed by atoms with Gasteiger partial charge in [0.1, 0.15) is 0 Å². The number of hydrazine groups is 1. The first-order valence-corrected chi connectivity index (χ1v) is 9.43. The molecular weight excluding hydrogens is 401 g/mol.